The van der Waals surface area contributed by atoms with E-state index in [9.17, 15) is 10.2 Å². The molecule has 0 heterocycles. The van der Waals surface area contributed by atoms with Gasteiger partial charge >= 0.3 is 0 Å². The average Bonchev–Trinajstić information content (AvgIpc) is 0.801. The van der Waals surface area contributed by atoms with Gasteiger partial charge in [0.05, 0.1) is 117 Å². The Morgan fingerprint density at radius 1 is 0.442 bits per heavy atom. The lowest BCUT2D eigenvalue weighted by Crippen LogP contribution is -2.54. The maximum Gasteiger partial charge on any atom is 0.0779 e. The van der Waals surface area contributed by atoms with Crippen LogP contribution in [0.2, 0.25) is 0 Å². The number of rotatable bonds is 40. The standard InChI is InChI=1S/C13H28O4.C12H20O2.C8H18O3.C8H16O2.2C6H14O3.C5H12O4.C4H10O3/c1-13(2,11-15)12-17-10-6-5-9-16-8-4-3-7-14;13-7-11-2-9-1-10(4-11)5-12(3-9,6-11)8-14;9-5-1-3-7-11-8-4-2-6-10;9-5-7-2-1-3-8(4-7)6-10;1-5(8)4-9-6(2)3-7;1-2-6(3-7,4-8)5-9;6-1-5(2-7,3-8)4-9;5-1-3-7-4-2-6/h14-15H,3-12H2,1-2H3;9-10,13-14H,1-8H2;9-10H,1-8H2;7-10H,1-6H2;5-8H,3-4H2,1-2H3;7-9H,2-5H2,1H3;6-9H,1-4H2;5-6H,1-4H2. The molecule has 5 saturated carbocycles. The maximum atomic E-state index is 9.56. The van der Waals surface area contributed by atoms with Crippen LogP contribution in [-0.2, 0) is 23.7 Å². The summed E-state index contributed by atoms with van der Waals surface area (Å²) >= 11 is 0. The topological polar surface area (TPSA) is 431 Å². The molecule has 4 unspecified atom stereocenters. The maximum absolute atomic E-state index is 9.56. The minimum atomic E-state index is -1.11. The molecule has 0 aromatic rings. The van der Waals surface area contributed by atoms with Crippen LogP contribution in [-0.4, -0.2) is 288 Å². The first-order chi connectivity index (χ1) is 41.2. The van der Waals surface area contributed by atoms with Gasteiger partial charge in [0.2, 0.25) is 0 Å². The zero-order chi connectivity index (χ0) is 66.0. The highest BCUT2D eigenvalue weighted by molar-refractivity contribution is 5.07. The highest BCUT2D eigenvalue weighted by Gasteiger charge is 2.57. The predicted octanol–water partition coefficient (Wildman–Crippen LogP) is 0.528. The number of unbranched alkanes of at least 4 members (excludes halogenated alkanes) is 4. The molecule has 0 aromatic heterocycles. The first-order valence-corrected chi connectivity index (χ1v) is 31.7. The van der Waals surface area contributed by atoms with Crippen molar-refractivity contribution in [1.29, 1.82) is 0 Å². The van der Waals surface area contributed by atoms with E-state index in [4.69, 9.17) is 106 Å². The highest BCUT2D eigenvalue weighted by Crippen LogP contribution is 2.64. The summed E-state index contributed by atoms with van der Waals surface area (Å²) in [6, 6.07) is 0. The first kappa shape index (κ1) is 91.5. The predicted molar refractivity (Wildman–Crippen MR) is 329 cm³/mol. The summed E-state index contributed by atoms with van der Waals surface area (Å²) in [6.45, 7) is 14.6. The van der Waals surface area contributed by atoms with Gasteiger partial charge in [0.25, 0.3) is 0 Å². The van der Waals surface area contributed by atoms with E-state index in [-0.39, 0.29) is 88.4 Å². The smallest absolute Gasteiger partial charge is 0.0779 e. The average molecular weight is 1260 g/mol. The van der Waals surface area contributed by atoms with Crippen LogP contribution in [0.3, 0.4) is 0 Å². The zero-order valence-electron chi connectivity index (χ0n) is 54.0. The molecule has 24 nitrogen and oxygen atoms in total. The van der Waals surface area contributed by atoms with Crippen molar-refractivity contribution in [2.75, 3.05) is 178 Å². The molecule has 5 fully saturated rings. The Bertz CT molecular complexity index is 1250. The molecule has 5 aliphatic rings. The van der Waals surface area contributed by atoms with Crippen molar-refractivity contribution in [3.63, 3.8) is 0 Å². The fraction of sp³-hybridized carbons (Fsp3) is 1.00. The normalized spacial score (nSPS) is 21.8. The second-order valence-electron chi connectivity index (χ2n) is 24.8. The second kappa shape index (κ2) is 60.3. The fourth-order valence-electron chi connectivity index (χ4n) is 10.1. The number of hydrogen-bond acceptors (Lipinski definition) is 24. The number of hydrogen-bond donors (Lipinski definition) is 19. The van der Waals surface area contributed by atoms with E-state index in [0.717, 1.165) is 122 Å². The molecular weight excluding hydrogens is 1130 g/mol. The van der Waals surface area contributed by atoms with Gasteiger partial charge in [-0.3, -0.25) is 0 Å². The van der Waals surface area contributed by atoms with E-state index >= 15 is 0 Å². The Morgan fingerprint density at radius 2 is 0.802 bits per heavy atom. The Hall–Kier alpha value is -0.960. The van der Waals surface area contributed by atoms with Gasteiger partial charge in [-0.1, -0.05) is 27.2 Å². The SMILES string of the molecule is CC(C)(CO)COCCCCOCCCCO.CC(O)COC(C)CO.CCC(CO)(CO)CO.OCC(CO)(CO)CO.OCC12CC3CC(C1)CC(CO)(C3)C2.OCC1CCCC(CO)C1.OCCCCOCCCCO.OCCOCCO. The summed E-state index contributed by atoms with van der Waals surface area (Å²) < 4.78 is 25.7. The summed E-state index contributed by atoms with van der Waals surface area (Å²) in [5, 5.41) is 164. The summed E-state index contributed by atoms with van der Waals surface area (Å²) in [4.78, 5) is 0. The number of aliphatic hydroxyl groups is 19. The van der Waals surface area contributed by atoms with Gasteiger partial charge in [-0.15, -0.1) is 0 Å². The molecule has 19 N–H and O–H groups in total. The van der Waals surface area contributed by atoms with E-state index in [1.54, 1.807) is 13.8 Å². The minimum Gasteiger partial charge on any atom is -0.396 e. The number of aliphatic hydroxyl groups excluding tert-OH is 19. The van der Waals surface area contributed by atoms with E-state index in [0.29, 0.717) is 71.1 Å². The van der Waals surface area contributed by atoms with Crippen molar-refractivity contribution in [3.05, 3.63) is 0 Å². The van der Waals surface area contributed by atoms with E-state index < -0.39 is 43.4 Å². The molecule has 0 saturated heterocycles. The summed E-state index contributed by atoms with van der Waals surface area (Å²) in [6.07, 6.45) is 19.0. The molecule has 0 radical (unpaired) electrons. The molecule has 0 aliphatic heterocycles. The molecule has 5 aliphatic carbocycles. The van der Waals surface area contributed by atoms with E-state index in [2.05, 4.69) is 4.74 Å². The minimum absolute atomic E-state index is 0.00667. The summed E-state index contributed by atoms with van der Waals surface area (Å²) in [7, 11) is 0. The molecule has 524 valence electrons. The second-order valence-corrected chi connectivity index (χ2v) is 24.8. The van der Waals surface area contributed by atoms with Crippen LogP contribution < -0.4 is 0 Å². The lowest BCUT2D eigenvalue weighted by molar-refractivity contribution is -0.144. The molecule has 0 aromatic carbocycles. The van der Waals surface area contributed by atoms with Gasteiger partial charge in [0.15, 0.2) is 0 Å². The molecular formula is C62H132O24. The lowest BCUT2D eigenvalue weighted by Gasteiger charge is -2.61. The van der Waals surface area contributed by atoms with Crippen LogP contribution >= 0.6 is 0 Å². The van der Waals surface area contributed by atoms with Crippen molar-refractivity contribution in [2.45, 2.75) is 169 Å². The van der Waals surface area contributed by atoms with Crippen molar-refractivity contribution in [1.82, 2.24) is 0 Å². The van der Waals surface area contributed by atoms with Crippen LogP contribution in [0.15, 0.2) is 0 Å². The largest absolute Gasteiger partial charge is 0.396 e. The van der Waals surface area contributed by atoms with Crippen LogP contribution in [0.1, 0.15) is 157 Å². The van der Waals surface area contributed by atoms with Crippen LogP contribution in [0, 0.1) is 50.7 Å². The Kier molecular flexibility index (Phi) is 64.1. The van der Waals surface area contributed by atoms with Crippen molar-refractivity contribution >= 4 is 0 Å². The Morgan fingerprint density at radius 3 is 1.07 bits per heavy atom. The third kappa shape index (κ3) is 47.9. The third-order valence-electron chi connectivity index (χ3n) is 15.7. The van der Waals surface area contributed by atoms with Gasteiger partial charge in [-0.2, -0.15) is 0 Å². The molecule has 0 spiro atoms. The van der Waals surface area contributed by atoms with Gasteiger partial charge in [0, 0.05) is 90.1 Å². The summed E-state index contributed by atoms with van der Waals surface area (Å²) in [5.74, 6) is 2.53. The highest BCUT2D eigenvalue weighted by atomic mass is 16.5. The first-order valence-electron chi connectivity index (χ1n) is 31.7. The van der Waals surface area contributed by atoms with Crippen LogP contribution in [0.5, 0.6) is 0 Å². The lowest BCUT2D eigenvalue weighted by atomic mass is 9.44. The number of ether oxygens (including phenoxy) is 5. The summed E-state index contributed by atoms with van der Waals surface area (Å²) in [5.41, 5.74) is -1.51. The molecule has 86 heavy (non-hydrogen) atoms. The van der Waals surface area contributed by atoms with E-state index in [1.165, 1.54) is 38.5 Å². The van der Waals surface area contributed by atoms with Crippen molar-refractivity contribution in [3.8, 4) is 0 Å². The molecule has 4 atom stereocenters. The monoisotopic (exact) mass is 1260 g/mol. The Labute approximate surface area is 517 Å². The van der Waals surface area contributed by atoms with Gasteiger partial charge < -0.3 is 121 Å². The van der Waals surface area contributed by atoms with Gasteiger partial charge in [0.1, 0.15) is 0 Å². The van der Waals surface area contributed by atoms with Crippen LogP contribution in [0.25, 0.3) is 0 Å². The van der Waals surface area contributed by atoms with Crippen LogP contribution in [0.4, 0.5) is 0 Å². The van der Waals surface area contributed by atoms with Crippen molar-refractivity contribution in [2.24, 2.45) is 50.7 Å². The van der Waals surface area contributed by atoms with Gasteiger partial charge in [-0.05, 0) is 164 Å². The van der Waals surface area contributed by atoms with E-state index in [1.807, 2.05) is 20.8 Å². The molecule has 5 rings (SSSR count). The quantitative estimate of drug-likeness (QED) is 0.0372. The molecule has 4 bridgehead atoms. The fourth-order valence-corrected chi connectivity index (χ4v) is 10.1. The molecule has 0 amide bonds. The molecule has 24 heteroatoms. The third-order valence-corrected chi connectivity index (χ3v) is 15.7. The zero-order valence-corrected chi connectivity index (χ0v) is 54.0. The Balaban J connectivity index is -0.000000454. The van der Waals surface area contributed by atoms with Crippen molar-refractivity contribution < 1.29 is 121 Å². The van der Waals surface area contributed by atoms with Gasteiger partial charge in [-0.25, -0.2) is 0 Å².